The first-order chi connectivity index (χ1) is 7.59. The van der Waals surface area contributed by atoms with Crippen LogP contribution in [0.5, 0.6) is 0 Å². The minimum absolute atomic E-state index is 0.00774. The molecule has 0 aliphatic rings. The Balaban J connectivity index is 2.15. The number of rotatable bonds is 6. The molecule has 0 aromatic carbocycles. The van der Waals surface area contributed by atoms with Crippen molar-refractivity contribution in [2.75, 3.05) is 6.54 Å². The number of carbonyl (C=O) groups is 1. The van der Waals surface area contributed by atoms with E-state index in [0.717, 1.165) is 0 Å². The molecule has 1 amide bonds. The summed E-state index contributed by atoms with van der Waals surface area (Å²) < 4.78 is 1.78. The third-order valence-corrected chi connectivity index (χ3v) is 2.50. The molecule has 0 bridgehead atoms. The number of nitrogens with two attached hydrogens (primary N) is 1. The molecule has 0 saturated carbocycles. The van der Waals surface area contributed by atoms with E-state index >= 15 is 0 Å². The summed E-state index contributed by atoms with van der Waals surface area (Å²) in [7, 11) is 0. The van der Waals surface area contributed by atoms with Crippen molar-refractivity contribution in [3.8, 4) is 0 Å². The zero-order valence-electron chi connectivity index (χ0n) is 9.89. The van der Waals surface area contributed by atoms with Crippen molar-refractivity contribution in [2.24, 2.45) is 11.7 Å². The lowest BCUT2D eigenvalue weighted by atomic mass is 10.0. The molecule has 1 aromatic rings. The molecule has 0 radical (unpaired) electrons. The molecule has 3 N–H and O–H groups in total. The second-order valence-electron chi connectivity index (χ2n) is 4.23. The van der Waals surface area contributed by atoms with Gasteiger partial charge in [0.1, 0.15) is 0 Å². The molecule has 0 spiro atoms. The van der Waals surface area contributed by atoms with E-state index in [-0.39, 0.29) is 11.9 Å². The van der Waals surface area contributed by atoms with Gasteiger partial charge in [0.2, 0.25) is 5.91 Å². The molecule has 0 saturated heterocycles. The Morgan fingerprint density at radius 3 is 2.88 bits per heavy atom. The lowest BCUT2D eigenvalue weighted by Crippen LogP contribution is -2.36. The monoisotopic (exact) mass is 224 g/mol. The Kier molecular flexibility index (Phi) is 4.98. The van der Waals surface area contributed by atoms with Gasteiger partial charge in [-0.05, 0) is 12.0 Å². The van der Waals surface area contributed by atoms with Crippen LogP contribution < -0.4 is 11.1 Å². The highest BCUT2D eigenvalue weighted by Gasteiger charge is 2.12. The SMILES string of the molecule is CC(C)C(N)CC(=O)NCCn1cccn1. The minimum atomic E-state index is -0.0651. The predicted octanol–water partition coefficient (Wildman–Crippen LogP) is 0.373. The lowest BCUT2D eigenvalue weighted by Gasteiger charge is -2.14. The highest BCUT2D eigenvalue weighted by molar-refractivity contribution is 5.76. The standard InChI is InChI=1S/C11H20N4O/c1-9(2)10(12)8-11(16)13-5-7-15-6-3-4-14-15/h3-4,6,9-10H,5,7-8,12H2,1-2H3,(H,13,16). The molecule has 90 valence electrons. The van der Waals surface area contributed by atoms with E-state index in [4.69, 9.17) is 5.73 Å². The summed E-state index contributed by atoms with van der Waals surface area (Å²) in [6, 6.07) is 1.79. The first-order valence-electron chi connectivity index (χ1n) is 5.59. The van der Waals surface area contributed by atoms with Crippen molar-refractivity contribution in [3.63, 3.8) is 0 Å². The molecule has 0 aliphatic carbocycles. The smallest absolute Gasteiger partial charge is 0.221 e. The number of amides is 1. The van der Waals surface area contributed by atoms with Crippen LogP contribution in [0.25, 0.3) is 0 Å². The second-order valence-corrected chi connectivity index (χ2v) is 4.23. The van der Waals surface area contributed by atoms with E-state index in [1.807, 2.05) is 26.1 Å². The fraction of sp³-hybridized carbons (Fsp3) is 0.636. The predicted molar refractivity (Wildman–Crippen MR) is 62.7 cm³/mol. The van der Waals surface area contributed by atoms with Crippen molar-refractivity contribution < 1.29 is 4.79 Å². The summed E-state index contributed by atoms with van der Waals surface area (Å²) in [5, 5.41) is 6.87. The van der Waals surface area contributed by atoms with Gasteiger partial charge in [-0.25, -0.2) is 0 Å². The van der Waals surface area contributed by atoms with Crippen molar-refractivity contribution in [1.29, 1.82) is 0 Å². The summed E-state index contributed by atoms with van der Waals surface area (Å²) in [6.07, 6.45) is 3.97. The molecule has 1 rings (SSSR count). The van der Waals surface area contributed by atoms with Crippen molar-refractivity contribution in [2.45, 2.75) is 32.9 Å². The number of hydrogen-bond donors (Lipinski definition) is 2. The summed E-state index contributed by atoms with van der Waals surface area (Å²) in [5.41, 5.74) is 5.81. The first-order valence-corrected chi connectivity index (χ1v) is 5.59. The number of nitrogens with zero attached hydrogens (tertiary/aromatic N) is 2. The molecular weight excluding hydrogens is 204 g/mol. The van der Waals surface area contributed by atoms with Gasteiger partial charge >= 0.3 is 0 Å². The zero-order chi connectivity index (χ0) is 12.0. The zero-order valence-corrected chi connectivity index (χ0v) is 9.89. The van der Waals surface area contributed by atoms with Gasteiger partial charge in [-0.3, -0.25) is 9.48 Å². The third-order valence-electron chi connectivity index (χ3n) is 2.50. The normalized spacial score (nSPS) is 12.8. The van der Waals surface area contributed by atoms with E-state index in [2.05, 4.69) is 10.4 Å². The molecule has 0 aliphatic heterocycles. The molecule has 1 unspecified atom stereocenters. The van der Waals surface area contributed by atoms with Gasteiger partial charge in [-0.2, -0.15) is 5.10 Å². The van der Waals surface area contributed by atoms with Gasteiger partial charge in [0.15, 0.2) is 0 Å². The van der Waals surface area contributed by atoms with Gasteiger partial charge in [0.25, 0.3) is 0 Å². The quantitative estimate of drug-likeness (QED) is 0.733. The fourth-order valence-electron chi connectivity index (χ4n) is 1.26. The topological polar surface area (TPSA) is 72.9 Å². The Bertz CT molecular complexity index is 308. The molecular formula is C11H20N4O. The van der Waals surface area contributed by atoms with Crippen LogP contribution in [0.2, 0.25) is 0 Å². The number of aromatic nitrogens is 2. The van der Waals surface area contributed by atoms with Crippen LogP contribution in [0, 0.1) is 5.92 Å². The largest absolute Gasteiger partial charge is 0.354 e. The number of hydrogen-bond acceptors (Lipinski definition) is 3. The van der Waals surface area contributed by atoms with E-state index in [1.54, 1.807) is 10.9 Å². The summed E-state index contributed by atoms with van der Waals surface area (Å²) in [4.78, 5) is 11.5. The van der Waals surface area contributed by atoms with Crippen molar-refractivity contribution >= 4 is 5.91 Å². The highest BCUT2D eigenvalue weighted by atomic mass is 16.1. The third kappa shape index (κ3) is 4.44. The van der Waals surface area contributed by atoms with Crippen LogP contribution in [0.4, 0.5) is 0 Å². The maximum Gasteiger partial charge on any atom is 0.221 e. The molecule has 0 fully saturated rings. The van der Waals surface area contributed by atoms with E-state index in [1.165, 1.54) is 0 Å². The Labute approximate surface area is 96.0 Å². The van der Waals surface area contributed by atoms with Gasteiger partial charge in [0.05, 0.1) is 6.54 Å². The first kappa shape index (κ1) is 12.7. The second kappa shape index (κ2) is 6.27. The van der Waals surface area contributed by atoms with Crippen LogP contribution in [-0.2, 0) is 11.3 Å². The average molecular weight is 224 g/mol. The van der Waals surface area contributed by atoms with Crippen LogP contribution in [0.1, 0.15) is 20.3 Å². The fourth-order valence-corrected chi connectivity index (χ4v) is 1.26. The summed E-state index contributed by atoms with van der Waals surface area (Å²) >= 11 is 0. The van der Waals surface area contributed by atoms with E-state index in [0.29, 0.717) is 25.4 Å². The Hall–Kier alpha value is -1.36. The van der Waals surface area contributed by atoms with Crippen molar-refractivity contribution in [3.05, 3.63) is 18.5 Å². The van der Waals surface area contributed by atoms with E-state index < -0.39 is 0 Å². The van der Waals surface area contributed by atoms with Crippen LogP contribution >= 0.6 is 0 Å². The van der Waals surface area contributed by atoms with Gasteiger partial charge in [0, 0.05) is 31.4 Å². The molecule has 16 heavy (non-hydrogen) atoms. The summed E-state index contributed by atoms with van der Waals surface area (Å²) in [6.45, 7) is 5.31. The Morgan fingerprint density at radius 2 is 2.31 bits per heavy atom. The van der Waals surface area contributed by atoms with Gasteiger partial charge < -0.3 is 11.1 Å². The molecule has 5 heteroatoms. The average Bonchev–Trinajstić information content (AvgIpc) is 2.70. The van der Waals surface area contributed by atoms with Crippen LogP contribution in [0.15, 0.2) is 18.5 Å². The lowest BCUT2D eigenvalue weighted by molar-refractivity contribution is -0.121. The molecule has 5 nitrogen and oxygen atoms in total. The van der Waals surface area contributed by atoms with Crippen LogP contribution in [0.3, 0.4) is 0 Å². The molecule has 1 heterocycles. The molecule has 1 aromatic heterocycles. The van der Waals surface area contributed by atoms with E-state index in [9.17, 15) is 4.79 Å². The number of nitrogens with one attached hydrogen (secondary N) is 1. The molecule has 1 atom stereocenters. The van der Waals surface area contributed by atoms with Crippen molar-refractivity contribution in [1.82, 2.24) is 15.1 Å². The van der Waals surface area contributed by atoms with Gasteiger partial charge in [-0.15, -0.1) is 0 Å². The maximum absolute atomic E-state index is 11.5. The van der Waals surface area contributed by atoms with Gasteiger partial charge in [-0.1, -0.05) is 13.8 Å². The minimum Gasteiger partial charge on any atom is -0.354 e. The summed E-state index contributed by atoms with van der Waals surface area (Å²) in [5.74, 6) is 0.338. The Morgan fingerprint density at radius 1 is 1.56 bits per heavy atom. The highest BCUT2D eigenvalue weighted by Crippen LogP contribution is 2.01. The maximum atomic E-state index is 11.5. The van der Waals surface area contributed by atoms with Crippen LogP contribution in [-0.4, -0.2) is 28.3 Å². The number of carbonyl (C=O) groups excluding carboxylic acids is 1.